The van der Waals surface area contributed by atoms with E-state index in [0.717, 1.165) is 29.1 Å². The third kappa shape index (κ3) is 6.22. The van der Waals surface area contributed by atoms with Gasteiger partial charge in [-0.3, -0.25) is 14.5 Å². The summed E-state index contributed by atoms with van der Waals surface area (Å²) in [5.41, 5.74) is 1.86. The second-order valence-electron chi connectivity index (χ2n) is 8.13. The summed E-state index contributed by atoms with van der Waals surface area (Å²) in [7, 11) is 0. The number of anilines is 2. The van der Waals surface area contributed by atoms with Crippen molar-refractivity contribution >= 4 is 23.3 Å². The largest absolute Gasteiger partial charge is 0.417 e. The second kappa shape index (κ2) is 10.2. The summed E-state index contributed by atoms with van der Waals surface area (Å²) >= 11 is 0. The summed E-state index contributed by atoms with van der Waals surface area (Å²) in [6, 6.07) is 7.67. The molecule has 2 aromatic rings. The van der Waals surface area contributed by atoms with Gasteiger partial charge in [0.1, 0.15) is 5.82 Å². The Morgan fingerprint density at radius 1 is 1.06 bits per heavy atom. The van der Waals surface area contributed by atoms with Crippen molar-refractivity contribution in [2.45, 2.75) is 33.0 Å². The van der Waals surface area contributed by atoms with E-state index in [1.807, 2.05) is 41.8 Å². The van der Waals surface area contributed by atoms with Gasteiger partial charge in [-0.1, -0.05) is 18.2 Å². The molecule has 1 aromatic heterocycles. The van der Waals surface area contributed by atoms with E-state index >= 15 is 0 Å². The molecule has 2 heterocycles. The van der Waals surface area contributed by atoms with Gasteiger partial charge < -0.3 is 15.5 Å². The van der Waals surface area contributed by atoms with Crippen LogP contribution in [0.3, 0.4) is 0 Å². The number of para-hydroxylation sites is 1. The van der Waals surface area contributed by atoms with Crippen LogP contribution in [0.25, 0.3) is 0 Å². The molecule has 2 amide bonds. The van der Waals surface area contributed by atoms with Crippen molar-refractivity contribution in [2.75, 3.05) is 42.9 Å². The first-order valence-corrected chi connectivity index (χ1v) is 10.7. The van der Waals surface area contributed by atoms with E-state index in [-0.39, 0.29) is 18.4 Å². The van der Waals surface area contributed by atoms with E-state index in [4.69, 9.17) is 0 Å². The topological polar surface area (TPSA) is 77.6 Å². The third-order valence-electron chi connectivity index (χ3n) is 5.81. The van der Waals surface area contributed by atoms with Gasteiger partial charge in [0.15, 0.2) is 0 Å². The van der Waals surface area contributed by atoms with Gasteiger partial charge in [0.05, 0.1) is 18.2 Å². The molecule has 7 nitrogen and oxygen atoms in total. The molecule has 0 spiro atoms. The molecule has 2 N–H and O–H groups in total. The zero-order valence-corrected chi connectivity index (χ0v) is 18.9. The van der Waals surface area contributed by atoms with Crippen LogP contribution in [0.2, 0.25) is 0 Å². The molecule has 1 fully saturated rings. The van der Waals surface area contributed by atoms with Crippen LogP contribution < -0.4 is 15.5 Å². The molecule has 33 heavy (non-hydrogen) atoms. The highest BCUT2D eigenvalue weighted by Gasteiger charge is 2.31. The minimum atomic E-state index is -4.41. The number of aromatic nitrogens is 1. The number of hydrogen-bond donors (Lipinski definition) is 2. The lowest BCUT2D eigenvalue weighted by molar-refractivity contribution is -0.137. The summed E-state index contributed by atoms with van der Waals surface area (Å²) < 4.78 is 38.1. The molecular formula is C23H28F3N5O2. The molecule has 0 saturated carbocycles. The molecule has 0 radical (unpaired) electrons. The van der Waals surface area contributed by atoms with Crippen LogP contribution in [-0.4, -0.2) is 60.5 Å². The minimum Gasteiger partial charge on any atom is -0.354 e. The van der Waals surface area contributed by atoms with Crippen molar-refractivity contribution in [2.24, 2.45) is 0 Å². The highest BCUT2D eigenvalue weighted by molar-refractivity contribution is 5.96. The lowest BCUT2D eigenvalue weighted by atomic mass is 10.1. The number of nitrogens with one attached hydrogen (secondary N) is 2. The SMILES string of the molecule is Cc1cccc(C)c1NC(=O)CNC(=O)C(C)N1CCN(c2ccc(C(F)(F)F)cn2)CC1. The maximum atomic E-state index is 12.7. The van der Waals surface area contributed by atoms with Gasteiger partial charge in [-0.25, -0.2) is 4.98 Å². The van der Waals surface area contributed by atoms with Gasteiger partial charge in [0, 0.05) is 38.1 Å². The van der Waals surface area contributed by atoms with Crippen molar-refractivity contribution < 1.29 is 22.8 Å². The number of halogens is 3. The Bertz CT molecular complexity index is 966. The van der Waals surface area contributed by atoms with Gasteiger partial charge in [0.2, 0.25) is 11.8 Å². The molecule has 3 rings (SSSR count). The Hall–Kier alpha value is -3.14. The first-order chi connectivity index (χ1) is 15.6. The Morgan fingerprint density at radius 2 is 1.70 bits per heavy atom. The van der Waals surface area contributed by atoms with Crippen LogP contribution in [-0.2, 0) is 15.8 Å². The van der Waals surface area contributed by atoms with Crippen LogP contribution in [0.5, 0.6) is 0 Å². The molecule has 1 unspecified atom stereocenters. The predicted octanol–water partition coefficient (Wildman–Crippen LogP) is 2.98. The van der Waals surface area contributed by atoms with Crippen LogP contribution in [0.4, 0.5) is 24.7 Å². The molecule has 1 aromatic carbocycles. The van der Waals surface area contributed by atoms with E-state index < -0.39 is 17.8 Å². The second-order valence-corrected chi connectivity index (χ2v) is 8.13. The number of nitrogens with zero attached hydrogens (tertiary/aromatic N) is 3. The van der Waals surface area contributed by atoms with Crippen molar-refractivity contribution in [3.63, 3.8) is 0 Å². The van der Waals surface area contributed by atoms with Gasteiger partial charge in [-0.15, -0.1) is 0 Å². The summed E-state index contributed by atoms with van der Waals surface area (Å²) in [5.74, 6) is -0.0816. The van der Waals surface area contributed by atoms with Crippen LogP contribution in [0.1, 0.15) is 23.6 Å². The van der Waals surface area contributed by atoms with E-state index in [0.29, 0.717) is 32.0 Å². The average Bonchev–Trinajstić information content (AvgIpc) is 2.79. The first-order valence-electron chi connectivity index (χ1n) is 10.7. The number of carbonyl (C=O) groups excluding carboxylic acids is 2. The summed E-state index contributed by atoms with van der Waals surface area (Å²) in [6.45, 7) is 7.60. The fraction of sp³-hybridized carbons (Fsp3) is 0.435. The highest BCUT2D eigenvalue weighted by Crippen LogP contribution is 2.29. The van der Waals surface area contributed by atoms with Crippen molar-refractivity contribution in [3.05, 3.63) is 53.2 Å². The van der Waals surface area contributed by atoms with E-state index in [1.165, 1.54) is 6.07 Å². The van der Waals surface area contributed by atoms with E-state index in [2.05, 4.69) is 15.6 Å². The number of pyridine rings is 1. The zero-order valence-electron chi connectivity index (χ0n) is 18.9. The van der Waals surface area contributed by atoms with Crippen molar-refractivity contribution in [1.82, 2.24) is 15.2 Å². The molecular weight excluding hydrogens is 435 g/mol. The predicted molar refractivity (Wildman–Crippen MR) is 120 cm³/mol. The van der Waals surface area contributed by atoms with E-state index in [9.17, 15) is 22.8 Å². The molecule has 1 aliphatic heterocycles. The minimum absolute atomic E-state index is 0.133. The van der Waals surface area contributed by atoms with Gasteiger partial charge >= 0.3 is 6.18 Å². The number of piperazine rings is 1. The monoisotopic (exact) mass is 463 g/mol. The normalized spacial score (nSPS) is 15.8. The number of benzene rings is 1. The number of carbonyl (C=O) groups is 2. The molecule has 0 aliphatic carbocycles. The quantitative estimate of drug-likeness (QED) is 0.689. The Morgan fingerprint density at radius 3 is 2.24 bits per heavy atom. The fourth-order valence-electron chi connectivity index (χ4n) is 3.76. The summed E-state index contributed by atoms with van der Waals surface area (Å²) in [6.07, 6.45) is -3.58. The van der Waals surface area contributed by atoms with Crippen molar-refractivity contribution in [1.29, 1.82) is 0 Å². The van der Waals surface area contributed by atoms with Crippen LogP contribution >= 0.6 is 0 Å². The molecule has 10 heteroatoms. The average molecular weight is 464 g/mol. The van der Waals surface area contributed by atoms with Crippen LogP contribution in [0, 0.1) is 13.8 Å². The first kappa shape index (κ1) is 24.5. The fourth-order valence-corrected chi connectivity index (χ4v) is 3.76. The number of hydrogen-bond acceptors (Lipinski definition) is 5. The third-order valence-corrected chi connectivity index (χ3v) is 5.81. The van der Waals surface area contributed by atoms with Gasteiger partial charge in [-0.05, 0) is 44.0 Å². The van der Waals surface area contributed by atoms with E-state index in [1.54, 1.807) is 6.92 Å². The number of alkyl halides is 3. The Labute approximate surface area is 191 Å². The standard InChI is InChI=1S/C23H28F3N5O2/c1-15-5-4-6-16(2)21(15)29-20(32)14-28-22(33)17(3)30-9-11-31(12-10-30)19-8-7-18(13-27-19)23(24,25)26/h4-8,13,17H,9-12,14H2,1-3H3,(H,28,33)(H,29,32). The summed E-state index contributed by atoms with van der Waals surface area (Å²) in [5, 5.41) is 5.51. The molecule has 0 bridgehead atoms. The molecule has 178 valence electrons. The number of aryl methyl sites for hydroxylation is 2. The smallest absolute Gasteiger partial charge is 0.354 e. The Balaban J connectivity index is 1.46. The van der Waals surface area contributed by atoms with Crippen molar-refractivity contribution in [3.8, 4) is 0 Å². The number of amides is 2. The zero-order chi connectivity index (χ0) is 24.2. The maximum absolute atomic E-state index is 12.7. The lowest BCUT2D eigenvalue weighted by Gasteiger charge is -2.38. The summed E-state index contributed by atoms with van der Waals surface area (Å²) in [4.78, 5) is 32.6. The van der Waals surface area contributed by atoms with Gasteiger partial charge in [-0.2, -0.15) is 13.2 Å². The highest BCUT2D eigenvalue weighted by atomic mass is 19.4. The lowest BCUT2D eigenvalue weighted by Crippen LogP contribution is -2.54. The number of rotatable bonds is 6. The molecule has 1 aliphatic rings. The van der Waals surface area contributed by atoms with Gasteiger partial charge in [0.25, 0.3) is 0 Å². The molecule has 1 saturated heterocycles. The maximum Gasteiger partial charge on any atom is 0.417 e. The Kier molecular flexibility index (Phi) is 7.57. The molecule has 1 atom stereocenters. The van der Waals surface area contributed by atoms with Crippen LogP contribution in [0.15, 0.2) is 36.5 Å².